The van der Waals surface area contributed by atoms with E-state index in [1.165, 1.54) is 12.1 Å². The van der Waals surface area contributed by atoms with Gasteiger partial charge in [-0.25, -0.2) is 13.1 Å². The monoisotopic (exact) mass is 452 g/mol. The Morgan fingerprint density at radius 1 is 1.22 bits per heavy atom. The van der Waals surface area contributed by atoms with Crippen molar-refractivity contribution < 1.29 is 17.9 Å². The lowest BCUT2D eigenvalue weighted by molar-refractivity contribution is 0.0950. The minimum atomic E-state index is -3.62. The van der Waals surface area contributed by atoms with Gasteiger partial charge in [0.05, 0.1) is 17.1 Å². The summed E-state index contributed by atoms with van der Waals surface area (Å²) in [6.07, 6.45) is 1.70. The average Bonchev–Trinajstić information content (AvgIpc) is 3.44. The third-order valence-corrected chi connectivity index (χ3v) is 6.26. The number of rotatable bonds is 8. The number of halogens is 1. The molecule has 2 aromatic carbocycles. The molecule has 0 atom stereocenters. The first kappa shape index (κ1) is 19.9. The predicted molar refractivity (Wildman–Crippen MR) is 106 cm³/mol. The topological polar surface area (TPSA) is 84.5 Å². The van der Waals surface area contributed by atoms with Crippen molar-refractivity contribution in [2.45, 2.75) is 37.2 Å². The van der Waals surface area contributed by atoms with Gasteiger partial charge in [-0.1, -0.05) is 12.1 Å². The van der Waals surface area contributed by atoms with Gasteiger partial charge >= 0.3 is 0 Å². The lowest BCUT2D eigenvalue weighted by Crippen LogP contribution is -2.27. The van der Waals surface area contributed by atoms with Gasteiger partial charge in [-0.2, -0.15) is 0 Å². The van der Waals surface area contributed by atoms with Crippen LogP contribution in [0, 0.1) is 0 Å². The molecule has 0 aromatic heterocycles. The summed E-state index contributed by atoms with van der Waals surface area (Å²) in [5, 5.41) is 2.82. The molecule has 0 unspecified atom stereocenters. The molecule has 27 heavy (non-hydrogen) atoms. The summed E-state index contributed by atoms with van der Waals surface area (Å²) < 4.78 is 33.4. The summed E-state index contributed by atoms with van der Waals surface area (Å²) in [6.45, 7) is 2.79. The van der Waals surface area contributed by atoms with E-state index in [9.17, 15) is 13.2 Å². The Bertz CT molecular complexity index is 942. The van der Waals surface area contributed by atoms with E-state index in [1.807, 2.05) is 31.2 Å². The molecule has 1 saturated carbocycles. The van der Waals surface area contributed by atoms with E-state index in [0.717, 1.165) is 24.2 Å². The van der Waals surface area contributed by atoms with Crippen molar-refractivity contribution in [3.63, 3.8) is 0 Å². The molecule has 1 amide bonds. The smallest absolute Gasteiger partial charge is 0.252 e. The van der Waals surface area contributed by atoms with Crippen molar-refractivity contribution in [1.29, 1.82) is 0 Å². The zero-order valence-corrected chi connectivity index (χ0v) is 17.3. The highest BCUT2D eigenvalue weighted by Crippen LogP contribution is 2.25. The first-order chi connectivity index (χ1) is 12.9. The second-order valence-electron chi connectivity index (χ2n) is 6.30. The van der Waals surface area contributed by atoms with Gasteiger partial charge < -0.3 is 10.1 Å². The van der Waals surface area contributed by atoms with Gasteiger partial charge in [0.25, 0.3) is 5.91 Å². The molecule has 8 heteroatoms. The van der Waals surface area contributed by atoms with Crippen LogP contribution in [0.25, 0.3) is 0 Å². The Morgan fingerprint density at radius 2 is 2.00 bits per heavy atom. The van der Waals surface area contributed by atoms with Crippen LogP contribution in [0.15, 0.2) is 51.8 Å². The fourth-order valence-corrected chi connectivity index (χ4v) is 4.28. The van der Waals surface area contributed by atoms with E-state index in [0.29, 0.717) is 17.6 Å². The van der Waals surface area contributed by atoms with Gasteiger partial charge in [0, 0.05) is 17.1 Å². The first-order valence-corrected chi connectivity index (χ1v) is 11.0. The molecule has 0 heterocycles. The van der Waals surface area contributed by atoms with Crippen LogP contribution in [0.5, 0.6) is 5.75 Å². The molecule has 0 spiro atoms. The minimum absolute atomic E-state index is 0.00791. The van der Waals surface area contributed by atoms with Crippen molar-refractivity contribution >= 4 is 31.9 Å². The van der Waals surface area contributed by atoms with Gasteiger partial charge in [-0.05, 0) is 71.6 Å². The SMILES string of the molecule is CCOc1cccc(CNC(=O)c2cc(S(=O)(=O)NC3CC3)ccc2Br)c1. The maximum atomic E-state index is 12.6. The van der Waals surface area contributed by atoms with Crippen LogP contribution >= 0.6 is 15.9 Å². The first-order valence-electron chi connectivity index (χ1n) is 8.71. The molecule has 3 rings (SSSR count). The zero-order valence-electron chi connectivity index (χ0n) is 14.9. The number of sulfonamides is 1. The van der Waals surface area contributed by atoms with E-state index in [2.05, 4.69) is 26.0 Å². The lowest BCUT2D eigenvalue weighted by atomic mass is 10.2. The average molecular weight is 453 g/mol. The van der Waals surface area contributed by atoms with Gasteiger partial charge in [0.1, 0.15) is 5.75 Å². The lowest BCUT2D eigenvalue weighted by Gasteiger charge is -2.11. The molecular weight excluding hydrogens is 432 g/mol. The van der Waals surface area contributed by atoms with E-state index >= 15 is 0 Å². The van der Waals surface area contributed by atoms with Crippen LogP contribution < -0.4 is 14.8 Å². The van der Waals surface area contributed by atoms with E-state index in [4.69, 9.17) is 4.74 Å². The Kier molecular flexibility index (Phi) is 6.18. The standard InChI is InChI=1S/C19H21BrN2O4S/c1-2-26-15-5-3-4-13(10-15)12-21-19(23)17-11-16(8-9-18(17)20)27(24,25)22-14-6-7-14/h3-5,8-11,14,22H,2,6-7,12H2,1H3,(H,21,23). The summed E-state index contributed by atoms with van der Waals surface area (Å²) in [7, 11) is -3.62. The number of benzene rings is 2. The second kappa shape index (κ2) is 8.41. The fourth-order valence-electron chi connectivity index (χ4n) is 2.52. The Morgan fingerprint density at radius 3 is 2.70 bits per heavy atom. The van der Waals surface area contributed by atoms with E-state index in [-0.39, 0.29) is 22.4 Å². The number of hydrogen-bond donors (Lipinski definition) is 2. The number of hydrogen-bond acceptors (Lipinski definition) is 4. The predicted octanol–water partition coefficient (Wildman–Crippen LogP) is 3.22. The van der Waals surface area contributed by atoms with Crippen LogP contribution in [0.3, 0.4) is 0 Å². The maximum Gasteiger partial charge on any atom is 0.252 e. The number of amides is 1. The molecule has 0 bridgehead atoms. The summed E-state index contributed by atoms with van der Waals surface area (Å²) >= 11 is 3.32. The van der Waals surface area contributed by atoms with Crippen molar-refractivity contribution in [3.8, 4) is 5.75 Å². The molecule has 1 aliphatic rings. The number of carbonyl (C=O) groups is 1. The van der Waals surface area contributed by atoms with Crippen molar-refractivity contribution in [1.82, 2.24) is 10.0 Å². The molecule has 0 saturated heterocycles. The normalized spacial score (nSPS) is 14.0. The van der Waals surface area contributed by atoms with Gasteiger partial charge in [0.2, 0.25) is 10.0 Å². The van der Waals surface area contributed by atoms with Crippen molar-refractivity contribution in [2.75, 3.05) is 6.61 Å². The molecule has 1 fully saturated rings. The summed E-state index contributed by atoms with van der Waals surface area (Å²) in [6, 6.07) is 11.9. The molecule has 2 N–H and O–H groups in total. The maximum absolute atomic E-state index is 12.6. The van der Waals surface area contributed by atoms with Gasteiger partial charge in [-0.15, -0.1) is 0 Å². The molecule has 2 aromatic rings. The molecule has 6 nitrogen and oxygen atoms in total. The minimum Gasteiger partial charge on any atom is -0.494 e. The third kappa shape index (κ3) is 5.31. The second-order valence-corrected chi connectivity index (χ2v) is 8.87. The van der Waals surface area contributed by atoms with Gasteiger partial charge in [-0.3, -0.25) is 4.79 Å². The number of nitrogens with one attached hydrogen (secondary N) is 2. The Hall–Kier alpha value is -1.90. The highest BCUT2D eigenvalue weighted by molar-refractivity contribution is 9.10. The zero-order chi connectivity index (χ0) is 19.4. The summed E-state index contributed by atoms with van der Waals surface area (Å²) in [5.41, 5.74) is 1.17. The molecule has 0 aliphatic heterocycles. The van der Waals surface area contributed by atoms with Crippen LogP contribution in [-0.2, 0) is 16.6 Å². The highest BCUT2D eigenvalue weighted by Gasteiger charge is 2.28. The van der Waals surface area contributed by atoms with Crippen molar-refractivity contribution in [3.05, 3.63) is 58.1 Å². The quantitative estimate of drug-likeness (QED) is 0.643. The largest absolute Gasteiger partial charge is 0.494 e. The summed E-state index contributed by atoms with van der Waals surface area (Å²) in [4.78, 5) is 12.7. The third-order valence-electron chi connectivity index (χ3n) is 4.05. The number of carbonyl (C=O) groups excluding carboxylic acids is 1. The highest BCUT2D eigenvalue weighted by atomic mass is 79.9. The fraction of sp³-hybridized carbons (Fsp3) is 0.316. The van der Waals surface area contributed by atoms with Crippen LogP contribution in [0.1, 0.15) is 35.7 Å². The van der Waals surface area contributed by atoms with Crippen LogP contribution in [-0.4, -0.2) is 27.0 Å². The molecular formula is C19H21BrN2O4S. The van der Waals surface area contributed by atoms with Crippen LogP contribution in [0.4, 0.5) is 0 Å². The van der Waals surface area contributed by atoms with E-state index in [1.54, 1.807) is 6.07 Å². The molecule has 1 aliphatic carbocycles. The molecule has 0 radical (unpaired) electrons. The van der Waals surface area contributed by atoms with Crippen molar-refractivity contribution in [2.24, 2.45) is 0 Å². The summed E-state index contributed by atoms with van der Waals surface area (Å²) in [5.74, 6) is 0.386. The number of ether oxygens (including phenoxy) is 1. The van der Waals surface area contributed by atoms with E-state index < -0.39 is 10.0 Å². The van der Waals surface area contributed by atoms with Crippen LogP contribution in [0.2, 0.25) is 0 Å². The molecule has 144 valence electrons. The Labute approximate surface area is 167 Å². The van der Waals surface area contributed by atoms with Gasteiger partial charge in [0.15, 0.2) is 0 Å². The Balaban J connectivity index is 1.72.